The Morgan fingerprint density at radius 1 is 1.44 bits per heavy atom. The smallest absolute Gasteiger partial charge is 0.224 e. The van der Waals surface area contributed by atoms with Crippen LogP contribution in [0, 0.1) is 0 Å². The molecule has 0 spiro atoms. The van der Waals surface area contributed by atoms with E-state index >= 15 is 0 Å². The molecule has 1 saturated heterocycles. The molecule has 1 aliphatic heterocycles. The van der Waals surface area contributed by atoms with Crippen molar-refractivity contribution < 1.29 is 14.3 Å². The van der Waals surface area contributed by atoms with E-state index in [9.17, 15) is 4.79 Å². The third-order valence-corrected chi connectivity index (χ3v) is 3.09. The monoisotopic (exact) mass is 249 g/mol. The van der Waals surface area contributed by atoms with Crippen LogP contribution in [0.15, 0.2) is 24.3 Å². The third kappa shape index (κ3) is 3.74. The summed E-state index contributed by atoms with van der Waals surface area (Å²) in [6.07, 6.45) is 2.21. The molecule has 0 aliphatic carbocycles. The van der Waals surface area contributed by atoms with Gasteiger partial charge in [-0.3, -0.25) is 4.79 Å². The molecule has 4 heteroatoms. The van der Waals surface area contributed by atoms with Gasteiger partial charge in [0.2, 0.25) is 5.91 Å². The van der Waals surface area contributed by atoms with Crippen molar-refractivity contribution in [3.8, 4) is 5.75 Å². The minimum absolute atomic E-state index is 0.0650. The first-order chi connectivity index (χ1) is 8.78. The van der Waals surface area contributed by atoms with Crippen LogP contribution in [0.1, 0.15) is 18.4 Å². The maximum absolute atomic E-state index is 11.9. The highest BCUT2D eigenvalue weighted by Gasteiger charge is 2.16. The van der Waals surface area contributed by atoms with Crippen LogP contribution in [0.3, 0.4) is 0 Å². The van der Waals surface area contributed by atoms with Gasteiger partial charge in [0.1, 0.15) is 5.75 Å². The molecule has 0 unspecified atom stereocenters. The minimum Gasteiger partial charge on any atom is -0.497 e. The van der Waals surface area contributed by atoms with Crippen LogP contribution >= 0.6 is 0 Å². The Balaban J connectivity index is 1.85. The molecule has 18 heavy (non-hydrogen) atoms. The predicted octanol–water partition coefficient (Wildman–Crippen LogP) is 1.53. The summed E-state index contributed by atoms with van der Waals surface area (Å²) in [5.41, 5.74) is 0.971. The average molecular weight is 249 g/mol. The molecule has 4 nitrogen and oxygen atoms in total. The molecule has 1 fully saturated rings. The molecule has 0 atom stereocenters. The molecule has 1 N–H and O–H groups in total. The molecule has 1 aromatic rings. The highest BCUT2D eigenvalue weighted by atomic mass is 16.5. The number of hydrogen-bond donors (Lipinski definition) is 1. The number of ether oxygens (including phenoxy) is 2. The van der Waals surface area contributed by atoms with Gasteiger partial charge in [-0.05, 0) is 30.5 Å². The molecule has 1 aliphatic rings. The van der Waals surface area contributed by atoms with Gasteiger partial charge in [-0.2, -0.15) is 0 Å². The first kappa shape index (κ1) is 12.9. The van der Waals surface area contributed by atoms with Crippen LogP contribution in [-0.2, 0) is 16.0 Å². The lowest BCUT2D eigenvalue weighted by molar-refractivity contribution is -0.121. The summed E-state index contributed by atoms with van der Waals surface area (Å²) in [5, 5.41) is 3.05. The topological polar surface area (TPSA) is 47.6 Å². The van der Waals surface area contributed by atoms with Crippen LogP contribution in [0.4, 0.5) is 0 Å². The van der Waals surface area contributed by atoms with Gasteiger partial charge in [-0.15, -0.1) is 0 Å². The van der Waals surface area contributed by atoms with E-state index in [-0.39, 0.29) is 11.9 Å². The molecular formula is C14H19NO3. The summed E-state index contributed by atoms with van der Waals surface area (Å²) in [7, 11) is 1.63. The van der Waals surface area contributed by atoms with Crippen molar-refractivity contribution in [3.63, 3.8) is 0 Å². The van der Waals surface area contributed by atoms with Crippen molar-refractivity contribution >= 4 is 5.91 Å². The molecule has 0 saturated carbocycles. The van der Waals surface area contributed by atoms with Crippen LogP contribution < -0.4 is 10.1 Å². The summed E-state index contributed by atoms with van der Waals surface area (Å²) >= 11 is 0. The van der Waals surface area contributed by atoms with Gasteiger partial charge >= 0.3 is 0 Å². The van der Waals surface area contributed by atoms with Crippen molar-refractivity contribution in [2.24, 2.45) is 0 Å². The van der Waals surface area contributed by atoms with E-state index in [4.69, 9.17) is 9.47 Å². The lowest BCUT2D eigenvalue weighted by Gasteiger charge is -2.23. The van der Waals surface area contributed by atoms with Gasteiger partial charge in [0.25, 0.3) is 0 Å². The number of carbonyl (C=O) groups is 1. The molecule has 0 radical (unpaired) electrons. The zero-order valence-corrected chi connectivity index (χ0v) is 10.6. The van der Waals surface area contributed by atoms with Crippen LogP contribution in [0.25, 0.3) is 0 Å². The van der Waals surface area contributed by atoms with Crippen LogP contribution in [-0.4, -0.2) is 32.3 Å². The SMILES string of the molecule is COc1cccc(CC(=O)NC2CCOCC2)c1. The number of amides is 1. The third-order valence-electron chi connectivity index (χ3n) is 3.09. The fourth-order valence-corrected chi connectivity index (χ4v) is 2.09. The summed E-state index contributed by atoms with van der Waals surface area (Å²) in [4.78, 5) is 11.9. The fraction of sp³-hybridized carbons (Fsp3) is 0.500. The molecule has 98 valence electrons. The maximum Gasteiger partial charge on any atom is 0.224 e. The second-order valence-electron chi connectivity index (χ2n) is 4.48. The Bertz CT molecular complexity index is 400. The molecule has 0 aromatic heterocycles. The van der Waals surface area contributed by atoms with Crippen molar-refractivity contribution in [2.45, 2.75) is 25.3 Å². The lowest BCUT2D eigenvalue weighted by Crippen LogP contribution is -2.39. The zero-order chi connectivity index (χ0) is 12.8. The molecule has 1 heterocycles. The van der Waals surface area contributed by atoms with E-state index in [2.05, 4.69) is 5.32 Å². The normalized spacial score (nSPS) is 16.3. The number of hydrogen-bond acceptors (Lipinski definition) is 3. The molecule has 0 bridgehead atoms. The van der Waals surface area contributed by atoms with E-state index in [1.54, 1.807) is 7.11 Å². The first-order valence-electron chi connectivity index (χ1n) is 6.28. The molecule has 1 amide bonds. The van der Waals surface area contributed by atoms with Crippen LogP contribution in [0.5, 0.6) is 5.75 Å². The number of rotatable bonds is 4. The second-order valence-corrected chi connectivity index (χ2v) is 4.48. The molecule has 2 rings (SSSR count). The summed E-state index contributed by atoms with van der Waals surface area (Å²) in [6, 6.07) is 7.86. The summed E-state index contributed by atoms with van der Waals surface area (Å²) in [5.74, 6) is 0.849. The van der Waals surface area contributed by atoms with Gasteiger partial charge in [0.15, 0.2) is 0 Å². The highest BCUT2D eigenvalue weighted by molar-refractivity contribution is 5.79. The van der Waals surface area contributed by atoms with E-state index in [1.807, 2.05) is 24.3 Å². The Morgan fingerprint density at radius 2 is 2.22 bits per heavy atom. The van der Waals surface area contributed by atoms with Crippen molar-refractivity contribution in [1.82, 2.24) is 5.32 Å². The minimum atomic E-state index is 0.0650. The molecular weight excluding hydrogens is 230 g/mol. The number of benzene rings is 1. The first-order valence-corrected chi connectivity index (χ1v) is 6.28. The van der Waals surface area contributed by atoms with Crippen LogP contribution in [0.2, 0.25) is 0 Å². The Hall–Kier alpha value is -1.55. The van der Waals surface area contributed by atoms with E-state index in [1.165, 1.54) is 0 Å². The van der Waals surface area contributed by atoms with Crippen molar-refractivity contribution in [1.29, 1.82) is 0 Å². The summed E-state index contributed by atoms with van der Waals surface area (Å²) in [6.45, 7) is 1.48. The highest BCUT2D eigenvalue weighted by Crippen LogP contribution is 2.13. The van der Waals surface area contributed by atoms with Crippen molar-refractivity contribution in [2.75, 3.05) is 20.3 Å². The predicted molar refractivity (Wildman–Crippen MR) is 68.7 cm³/mol. The standard InChI is InChI=1S/C14H19NO3/c1-17-13-4-2-3-11(9-13)10-14(16)15-12-5-7-18-8-6-12/h2-4,9,12H,5-8,10H2,1H3,(H,15,16). The van der Waals surface area contributed by atoms with Gasteiger partial charge in [-0.25, -0.2) is 0 Å². The number of nitrogens with one attached hydrogen (secondary N) is 1. The van der Waals surface area contributed by atoms with Gasteiger partial charge in [0, 0.05) is 19.3 Å². The Morgan fingerprint density at radius 3 is 2.94 bits per heavy atom. The number of methoxy groups -OCH3 is 1. The molecule has 1 aromatic carbocycles. The lowest BCUT2D eigenvalue weighted by atomic mass is 10.1. The Labute approximate surface area is 107 Å². The quantitative estimate of drug-likeness (QED) is 0.880. The van der Waals surface area contributed by atoms with Gasteiger partial charge in [-0.1, -0.05) is 12.1 Å². The maximum atomic E-state index is 11.9. The fourth-order valence-electron chi connectivity index (χ4n) is 2.09. The van der Waals surface area contributed by atoms with E-state index in [0.717, 1.165) is 37.4 Å². The average Bonchev–Trinajstić information content (AvgIpc) is 2.40. The van der Waals surface area contributed by atoms with Gasteiger partial charge in [0.05, 0.1) is 13.5 Å². The zero-order valence-electron chi connectivity index (χ0n) is 10.6. The van der Waals surface area contributed by atoms with Gasteiger partial charge < -0.3 is 14.8 Å². The Kier molecular flexibility index (Phi) is 4.59. The van der Waals surface area contributed by atoms with Crippen molar-refractivity contribution in [3.05, 3.63) is 29.8 Å². The number of carbonyl (C=O) groups excluding carboxylic acids is 1. The second kappa shape index (κ2) is 6.40. The largest absolute Gasteiger partial charge is 0.497 e. The summed E-state index contributed by atoms with van der Waals surface area (Å²) < 4.78 is 10.4. The van der Waals surface area contributed by atoms with E-state index < -0.39 is 0 Å². The van der Waals surface area contributed by atoms with E-state index in [0.29, 0.717) is 6.42 Å².